The molecule has 8 aromatic rings. The predicted octanol–water partition coefficient (Wildman–Crippen LogP) is 13.9. The molecule has 1 N–H and O–H groups in total. The number of benzene rings is 4. The number of carbonyl (C=O) groups is 2. The fraction of sp³-hybridized carbons (Fsp3) is 0.393. The second-order valence-electron chi connectivity index (χ2n) is 20.8. The van der Waals surface area contributed by atoms with Crippen LogP contribution in [0.5, 0.6) is 0 Å². The number of ether oxygens (including phenoxy) is 1. The first-order valence-electron chi connectivity index (χ1n) is 26.0. The van der Waals surface area contributed by atoms with Gasteiger partial charge in [0.15, 0.2) is 10.3 Å². The third-order valence-electron chi connectivity index (χ3n) is 15.8. The van der Waals surface area contributed by atoms with E-state index in [2.05, 4.69) is 29.9 Å². The standard InChI is InChI=1S/C29H28Cl2N4O3S.C27H24Cl2N4O3S/c1-2-37-28(36)17-8-11-23-24(12-17)39-29(32-23)35-18-9-10-19(35)14-34(13-18)15-20-26(33-38-27(20)16-6-7-16)25-21(30)4-3-5-22(25)31;28-19-2-1-3-20(29)23(19)24-18(25(36-31-24)14-4-5-14)13-32-11-16-7-8-17(12-32)33(16)27-30-21-9-6-15(26(34)35)10-22(21)37-27/h3-5,8,11-12,16,18-19H,2,6-7,9-10,13-15H2,1H3;1-3,6,9-10,14,16-17H,4-5,7-8,11-13H2,(H,34,35). The first-order valence-corrected chi connectivity index (χ1v) is 29.2. The van der Waals surface area contributed by atoms with Crippen molar-refractivity contribution in [2.24, 2.45) is 0 Å². The van der Waals surface area contributed by atoms with Crippen molar-refractivity contribution in [2.75, 3.05) is 42.6 Å². The number of hydrogen-bond acceptors (Lipinski definition) is 15. The average Bonchev–Trinajstić information content (AvgIpc) is 4.19. The van der Waals surface area contributed by atoms with Crippen LogP contribution >= 0.6 is 69.1 Å². The molecule has 6 fully saturated rings. The number of anilines is 2. The molecule has 4 atom stereocenters. The molecule has 8 heterocycles. The van der Waals surface area contributed by atoms with Gasteiger partial charge in [0.25, 0.3) is 0 Å². The summed E-state index contributed by atoms with van der Waals surface area (Å²) in [5.41, 5.74) is 7.89. The Bertz CT molecular complexity index is 3490. The van der Waals surface area contributed by atoms with E-state index in [9.17, 15) is 14.7 Å². The van der Waals surface area contributed by atoms with Gasteiger partial charge in [-0.15, -0.1) is 0 Å². The van der Waals surface area contributed by atoms with Crippen LogP contribution in [0.2, 0.25) is 20.1 Å². The minimum Gasteiger partial charge on any atom is -0.478 e. The Kier molecular flexibility index (Phi) is 13.5. The molecule has 4 unspecified atom stereocenters. The van der Waals surface area contributed by atoms with E-state index < -0.39 is 5.97 Å². The van der Waals surface area contributed by atoms with E-state index >= 15 is 0 Å². The van der Waals surface area contributed by atoms with Crippen LogP contribution in [0.25, 0.3) is 42.9 Å². The fourth-order valence-corrected chi connectivity index (χ4v) is 15.4. The topological polar surface area (TPSA) is 154 Å². The number of carboxylic acid groups (broad SMARTS) is 1. The zero-order valence-electron chi connectivity index (χ0n) is 41.4. The maximum Gasteiger partial charge on any atom is 0.338 e. The van der Waals surface area contributed by atoms with Gasteiger partial charge in [0.2, 0.25) is 0 Å². The van der Waals surface area contributed by atoms with Gasteiger partial charge in [-0.3, -0.25) is 9.80 Å². The lowest BCUT2D eigenvalue weighted by Crippen LogP contribution is -2.53. The highest BCUT2D eigenvalue weighted by Crippen LogP contribution is 2.49. The summed E-state index contributed by atoms with van der Waals surface area (Å²) in [6, 6.07) is 23.3. The lowest BCUT2D eigenvalue weighted by molar-refractivity contribution is 0.0526. The average molecular weight is 1140 g/mol. The molecule has 4 bridgehead atoms. The van der Waals surface area contributed by atoms with Crippen molar-refractivity contribution in [3.63, 3.8) is 0 Å². The van der Waals surface area contributed by atoms with E-state index in [-0.39, 0.29) is 5.97 Å². The van der Waals surface area contributed by atoms with Gasteiger partial charge >= 0.3 is 11.9 Å². The molecular formula is C56H52Cl4N8O6S2. The van der Waals surface area contributed by atoms with Gasteiger partial charge in [-0.05, 0) is 119 Å². The number of fused-ring (bicyclic) bond motifs is 6. The molecule has 4 aromatic carbocycles. The summed E-state index contributed by atoms with van der Waals surface area (Å²) in [7, 11) is 0. The number of halogens is 4. The third kappa shape index (κ3) is 9.54. The van der Waals surface area contributed by atoms with Gasteiger partial charge in [-0.25, -0.2) is 19.6 Å². The number of esters is 1. The number of likely N-dealkylation sites (tertiary alicyclic amines) is 2. The molecule has 4 saturated heterocycles. The number of piperazine rings is 2. The van der Waals surface area contributed by atoms with Crippen LogP contribution in [0.1, 0.15) is 113 Å². The largest absolute Gasteiger partial charge is 0.478 e. The molecule has 14 nitrogen and oxygen atoms in total. The number of carbonyl (C=O) groups excluding carboxylic acids is 1. The number of aromatic nitrogens is 4. The molecule has 4 aliphatic heterocycles. The van der Waals surface area contributed by atoms with Gasteiger partial charge in [-0.2, -0.15) is 0 Å². The van der Waals surface area contributed by atoms with Crippen LogP contribution in [-0.2, 0) is 17.8 Å². The number of thiazole rings is 2. The van der Waals surface area contributed by atoms with Crippen molar-refractivity contribution < 1.29 is 28.5 Å². The lowest BCUT2D eigenvalue weighted by Gasteiger charge is -2.41. The van der Waals surface area contributed by atoms with Gasteiger partial charge in [0, 0.05) is 97.5 Å². The molecule has 392 valence electrons. The van der Waals surface area contributed by atoms with E-state index in [1.807, 2.05) is 61.5 Å². The van der Waals surface area contributed by atoms with E-state index in [0.29, 0.717) is 73.8 Å². The normalized spacial score (nSPS) is 21.4. The minimum absolute atomic E-state index is 0.292. The Morgan fingerprint density at radius 3 is 1.41 bits per heavy atom. The third-order valence-corrected chi connectivity index (χ3v) is 19.1. The van der Waals surface area contributed by atoms with Crippen molar-refractivity contribution in [3.8, 4) is 22.5 Å². The summed E-state index contributed by atoms with van der Waals surface area (Å²) in [4.78, 5) is 43.5. The summed E-state index contributed by atoms with van der Waals surface area (Å²) in [5.74, 6) is 1.61. The molecule has 76 heavy (non-hydrogen) atoms. The van der Waals surface area contributed by atoms with Crippen LogP contribution in [0.3, 0.4) is 0 Å². The predicted molar refractivity (Wildman–Crippen MR) is 299 cm³/mol. The summed E-state index contributed by atoms with van der Waals surface area (Å²) in [5, 5.41) is 22.7. The van der Waals surface area contributed by atoms with E-state index in [1.165, 1.54) is 0 Å². The van der Waals surface area contributed by atoms with Crippen LogP contribution < -0.4 is 9.80 Å². The maximum atomic E-state index is 12.2. The molecule has 0 amide bonds. The highest BCUT2D eigenvalue weighted by Gasteiger charge is 2.45. The van der Waals surface area contributed by atoms with Crippen LogP contribution in [0.4, 0.5) is 10.3 Å². The van der Waals surface area contributed by atoms with Crippen molar-refractivity contribution in [2.45, 2.75) is 107 Å². The summed E-state index contributed by atoms with van der Waals surface area (Å²) < 4.78 is 18.9. The van der Waals surface area contributed by atoms with Gasteiger partial charge in [0.1, 0.15) is 22.9 Å². The smallest absolute Gasteiger partial charge is 0.338 e. The molecule has 0 radical (unpaired) electrons. The Morgan fingerprint density at radius 1 is 0.605 bits per heavy atom. The van der Waals surface area contributed by atoms with E-state index in [1.54, 1.807) is 40.9 Å². The van der Waals surface area contributed by atoms with Crippen LogP contribution in [0.15, 0.2) is 81.8 Å². The minimum atomic E-state index is -0.915. The maximum absolute atomic E-state index is 12.2. The zero-order chi connectivity index (χ0) is 51.9. The number of carboxylic acids is 1. The number of nitrogens with zero attached hydrogens (tertiary/aromatic N) is 8. The van der Waals surface area contributed by atoms with Gasteiger partial charge < -0.3 is 28.7 Å². The summed E-state index contributed by atoms with van der Waals surface area (Å²) in [6.07, 6.45) is 9.00. The quantitative estimate of drug-likeness (QED) is 0.109. The second kappa shape index (κ2) is 20.5. The van der Waals surface area contributed by atoms with Gasteiger partial charge in [-0.1, -0.05) is 91.5 Å². The molecule has 0 spiro atoms. The first-order chi connectivity index (χ1) is 37.0. The van der Waals surface area contributed by atoms with E-state index in [4.69, 9.17) is 70.2 Å². The molecule has 4 aromatic heterocycles. The highest BCUT2D eigenvalue weighted by atomic mass is 35.5. The zero-order valence-corrected chi connectivity index (χ0v) is 46.1. The highest BCUT2D eigenvalue weighted by molar-refractivity contribution is 7.22. The molecule has 14 rings (SSSR count). The Labute approximate surface area is 466 Å². The van der Waals surface area contributed by atoms with Crippen LogP contribution in [-0.4, -0.2) is 104 Å². The monoisotopic (exact) mass is 1140 g/mol. The number of aromatic carboxylic acids is 1. The summed E-state index contributed by atoms with van der Waals surface area (Å²) in [6.45, 7) is 7.39. The Balaban J connectivity index is 0.000000146. The molecule has 2 aliphatic carbocycles. The number of rotatable bonds is 13. The Morgan fingerprint density at radius 2 is 1.01 bits per heavy atom. The van der Waals surface area contributed by atoms with Crippen molar-refractivity contribution in [1.82, 2.24) is 30.1 Å². The lowest BCUT2D eigenvalue weighted by atomic mass is 10.0. The van der Waals surface area contributed by atoms with Crippen LogP contribution in [0, 0.1) is 0 Å². The first kappa shape index (κ1) is 50.2. The molecular weight excluding hydrogens is 1090 g/mol. The van der Waals surface area contributed by atoms with Gasteiger partial charge in [0.05, 0.1) is 58.3 Å². The van der Waals surface area contributed by atoms with E-state index in [0.717, 1.165) is 166 Å². The molecule has 6 aliphatic rings. The molecule has 2 saturated carbocycles. The van der Waals surface area contributed by atoms with Crippen molar-refractivity contribution in [1.29, 1.82) is 0 Å². The van der Waals surface area contributed by atoms with Crippen molar-refractivity contribution >= 4 is 112 Å². The Hall–Kier alpha value is -5.30. The molecule has 20 heteroatoms. The van der Waals surface area contributed by atoms with Crippen molar-refractivity contribution in [3.05, 3.63) is 127 Å². The second-order valence-corrected chi connectivity index (χ2v) is 24.5. The SMILES string of the molecule is CCOC(=O)c1ccc2nc(N3C4CCC3CN(Cc3c(-c5c(Cl)cccc5Cl)noc3C3CC3)C4)sc2c1.O=C(O)c1ccc2nc(N3C4CCC3CN(Cc3c(-c5c(Cl)cccc5Cl)noc3C3CC3)C4)sc2c1. The fourth-order valence-electron chi connectivity index (χ4n) is 12.0. The number of hydrogen-bond donors (Lipinski definition) is 1. The summed E-state index contributed by atoms with van der Waals surface area (Å²) >= 11 is 29.5.